The highest BCUT2D eigenvalue weighted by molar-refractivity contribution is 5.87. The van der Waals surface area contributed by atoms with Crippen LogP contribution in [0.3, 0.4) is 0 Å². The van der Waals surface area contributed by atoms with Crippen LogP contribution in [-0.4, -0.2) is 22.7 Å². The van der Waals surface area contributed by atoms with Crippen LogP contribution in [0.4, 0.5) is 8.78 Å². The van der Waals surface area contributed by atoms with E-state index < -0.39 is 12.5 Å². The number of nitrogens with zero attached hydrogens (tertiary/aromatic N) is 1. The number of halogens is 2. The average Bonchev–Trinajstić information content (AvgIpc) is 2.70. The number of alkyl halides is 2. The van der Waals surface area contributed by atoms with Crippen molar-refractivity contribution >= 4 is 10.9 Å². The summed E-state index contributed by atoms with van der Waals surface area (Å²) in [5.41, 5.74) is 1.54. The lowest BCUT2D eigenvalue weighted by atomic mass is 10.2. The van der Waals surface area contributed by atoms with Crippen LogP contribution in [0.25, 0.3) is 10.9 Å². The molecule has 0 radical (unpaired) electrons. The molecule has 0 fully saturated rings. The van der Waals surface area contributed by atoms with Crippen LogP contribution in [0.5, 0.6) is 5.75 Å². The van der Waals surface area contributed by atoms with Gasteiger partial charge in [0.15, 0.2) is 6.61 Å². The van der Waals surface area contributed by atoms with Gasteiger partial charge < -0.3 is 4.74 Å². The number of aromatic nitrogens is 2. The van der Waals surface area contributed by atoms with Crippen molar-refractivity contribution in [2.45, 2.75) is 26.2 Å². The second-order valence-electron chi connectivity index (χ2n) is 4.00. The predicted molar refractivity (Wildman–Crippen MR) is 61.6 cm³/mol. The lowest BCUT2D eigenvalue weighted by Crippen LogP contribution is -2.24. The fraction of sp³-hybridized carbons (Fsp3) is 0.417. The summed E-state index contributed by atoms with van der Waals surface area (Å²) >= 11 is 0. The van der Waals surface area contributed by atoms with Crippen LogP contribution in [0.15, 0.2) is 18.2 Å². The quantitative estimate of drug-likeness (QED) is 0.890. The minimum absolute atomic E-state index is 0.229. The molecular weight excluding hydrogens is 226 g/mol. The van der Waals surface area contributed by atoms with Crippen molar-refractivity contribution in [2.75, 3.05) is 6.61 Å². The van der Waals surface area contributed by atoms with Gasteiger partial charge in [-0.15, -0.1) is 0 Å². The summed E-state index contributed by atoms with van der Waals surface area (Å²) in [6.07, 6.45) is -0.229. The average molecular weight is 240 g/mol. The predicted octanol–water partition coefficient (Wildman–Crippen LogP) is 3.30. The maximum Gasteiger partial charge on any atom is 0.281 e. The second kappa shape index (κ2) is 4.31. The first-order chi connectivity index (χ1) is 8.03. The van der Waals surface area contributed by atoms with E-state index in [2.05, 4.69) is 10.2 Å². The number of hydrogen-bond donors (Lipinski definition) is 1. The van der Waals surface area contributed by atoms with Gasteiger partial charge in [-0.25, -0.2) is 8.78 Å². The van der Waals surface area contributed by atoms with Crippen LogP contribution in [0.1, 0.15) is 19.0 Å². The highest BCUT2D eigenvalue weighted by atomic mass is 19.3. The van der Waals surface area contributed by atoms with Crippen molar-refractivity contribution in [1.29, 1.82) is 0 Å². The molecule has 1 aromatic heterocycles. The van der Waals surface area contributed by atoms with Gasteiger partial charge in [0, 0.05) is 12.1 Å². The fourth-order valence-electron chi connectivity index (χ4n) is 1.60. The van der Waals surface area contributed by atoms with Crippen molar-refractivity contribution in [3.05, 3.63) is 23.9 Å². The van der Waals surface area contributed by atoms with E-state index >= 15 is 0 Å². The molecule has 1 aromatic carbocycles. The Morgan fingerprint density at radius 1 is 1.41 bits per heavy atom. The Morgan fingerprint density at radius 3 is 2.88 bits per heavy atom. The molecule has 0 aliphatic heterocycles. The molecule has 1 heterocycles. The topological polar surface area (TPSA) is 37.9 Å². The van der Waals surface area contributed by atoms with E-state index in [1.165, 1.54) is 6.92 Å². The van der Waals surface area contributed by atoms with Gasteiger partial charge in [0.25, 0.3) is 5.92 Å². The summed E-state index contributed by atoms with van der Waals surface area (Å²) in [7, 11) is 0. The zero-order valence-electron chi connectivity index (χ0n) is 9.76. The maximum absolute atomic E-state index is 13.1. The summed E-state index contributed by atoms with van der Waals surface area (Å²) in [6, 6.07) is 5.22. The standard InChI is InChI=1S/C12H14F2N2O/c1-3-12(13,14)7-17-10-6-4-5-9-11(10)8(2)15-16-9/h4-6H,3,7H2,1-2H3,(H,15,16). The number of nitrogens with one attached hydrogen (secondary N) is 1. The molecule has 3 nitrogen and oxygen atoms in total. The molecular formula is C12H14F2N2O. The zero-order valence-corrected chi connectivity index (χ0v) is 9.76. The number of hydrogen-bond acceptors (Lipinski definition) is 2. The monoisotopic (exact) mass is 240 g/mol. The van der Waals surface area contributed by atoms with Gasteiger partial charge in [-0.1, -0.05) is 13.0 Å². The molecule has 1 N–H and O–H groups in total. The normalized spacial score (nSPS) is 12.0. The van der Waals surface area contributed by atoms with Crippen molar-refractivity contribution in [2.24, 2.45) is 0 Å². The van der Waals surface area contributed by atoms with Crippen LogP contribution in [0, 0.1) is 6.92 Å². The first-order valence-electron chi connectivity index (χ1n) is 5.48. The number of aryl methyl sites for hydroxylation is 1. The summed E-state index contributed by atoms with van der Waals surface area (Å²) < 4.78 is 31.4. The number of fused-ring (bicyclic) bond motifs is 1. The molecule has 92 valence electrons. The number of aromatic amines is 1. The second-order valence-corrected chi connectivity index (χ2v) is 4.00. The van der Waals surface area contributed by atoms with Crippen molar-refractivity contribution in [3.63, 3.8) is 0 Å². The lowest BCUT2D eigenvalue weighted by molar-refractivity contribution is -0.0432. The van der Waals surface area contributed by atoms with Gasteiger partial charge in [0.2, 0.25) is 0 Å². The molecule has 2 rings (SSSR count). The number of ether oxygens (including phenoxy) is 1. The first-order valence-corrected chi connectivity index (χ1v) is 5.48. The van der Waals surface area contributed by atoms with E-state index in [1.54, 1.807) is 12.1 Å². The number of rotatable bonds is 4. The molecule has 0 spiro atoms. The van der Waals surface area contributed by atoms with E-state index in [-0.39, 0.29) is 6.42 Å². The van der Waals surface area contributed by atoms with Crippen LogP contribution < -0.4 is 4.74 Å². The molecule has 0 atom stereocenters. The van der Waals surface area contributed by atoms with Crippen molar-refractivity contribution < 1.29 is 13.5 Å². The smallest absolute Gasteiger partial charge is 0.281 e. The molecule has 0 saturated heterocycles. The molecule has 5 heteroatoms. The third-order valence-corrected chi connectivity index (χ3v) is 2.68. The Labute approximate surface area is 97.8 Å². The number of benzene rings is 1. The molecule has 0 bridgehead atoms. The van der Waals surface area contributed by atoms with E-state index in [4.69, 9.17) is 4.74 Å². The highest BCUT2D eigenvalue weighted by Crippen LogP contribution is 2.28. The summed E-state index contributed by atoms with van der Waals surface area (Å²) in [5.74, 6) is -2.35. The third kappa shape index (κ3) is 2.38. The molecule has 2 aromatic rings. The molecule has 0 unspecified atom stereocenters. The van der Waals surface area contributed by atoms with Gasteiger partial charge >= 0.3 is 0 Å². The van der Waals surface area contributed by atoms with E-state index in [1.807, 2.05) is 13.0 Å². The SMILES string of the molecule is CCC(F)(F)COc1cccc2n[nH]c(C)c12. The van der Waals surface area contributed by atoms with Crippen LogP contribution in [0.2, 0.25) is 0 Å². The van der Waals surface area contributed by atoms with Gasteiger partial charge in [-0.3, -0.25) is 5.10 Å². The zero-order chi connectivity index (χ0) is 12.5. The van der Waals surface area contributed by atoms with E-state index in [0.717, 1.165) is 16.6 Å². The number of H-pyrrole nitrogens is 1. The van der Waals surface area contributed by atoms with Crippen molar-refractivity contribution in [3.8, 4) is 5.75 Å². The minimum atomic E-state index is -2.79. The van der Waals surface area contributed by atoms with Crippen LogP contribution >= 0.6 is 0 Å². The third-order valence-electron chi connectivity index (χ3n) is 2.68. The Hall–Kier alpha value is -1.65. The highest BCUT2D eigenvalue weighted by Gasteiger charge is 2.27. The maximum atomic E-state index is 13.1. The molecule has 0 aliphatic rings. The summed E-state index contributed by atoms with van der Waals surface area (Å²) in [6.45, 7) is 2.67. The Morgan fingerprint density at radius 2 is 2.18 bits per heavy atom. The first kappa shape index (κ1) is 11.8. The minimum Gasteiger partial charge on any atom is -0.487 e. The van der Waals surface area contributed by atoms with Gasteiger partial charge in [0.1, 0.15) is 5.75 Å². The van der Waals surface area contributed by atoms with Gasteiger partial charge in [-0.2, -0.15) is 5.10 Å². The van der Waals surface area contributed by atoms with E-state index in [0.29, 0.717) is 5.75 Å². The van der Waals surface area contributed by atoms with Gasteiger partial charge in [0.05, 0.1) is 10.9 Å². The van der Waals surface area contributed by atoms with Gasteiger partial charge in [-0.05, 0) is 19.1 Å². The van der Waals surface area contributed by atoms with E-state index in [9.17, 15) is 8.78 Å². The molecule has 0 amide bonds. The molecule has 0 aliphatic carbocycles. The largest absolute Gasteiger partial charge is 0.487 e. The fourth-order valence-corrected chi connectivity index (χ4v) is 1.60. The Bertz CT molecular complexity index is 522. The summed E-state index contributed by atoms with van der Waals surface area (Å²) in [5, 5.41) is 7.62. The van der Waals surface area contributed by atoms with Crippen LogP contribution in [-0.2, 0) is 0 Å². The summed E-state index contributed by atoms with van der Waals surface area (Å²) in [4.78, 5) is 0. The Kier molecular flexibility index (Phi) is 3.00. The Balaban J connectivity index is 2.27. The molecule has 17 heavy (non-hydrogen) atoms. The van der Waals surface area contributed by atoms with Crippen molar-refractivity contribution in [1.82, 2.24) is 10.2 Å². The lowest BCUT2D eigenvalue weighted by Gasteiger charge is -2.15. The molecule has 0 saturated carbocycles.